The first kappa shape index (κ1) is 13.6. The summed E-state index contributed by atoms with van der Waals surface area (Å²) < 4.78 is 10.7. The van der Waals surface area contributed by atoms with Gasteiger partial charge in [0.1, 0.15) is 17.2 Å². The Hall–Kier alpha value is -2.83. The summed E-state index contributed by atoms with van der Waals surface area (Å²) in [6, 6.07) is 7.51. The van der Waals surface area contributed by atoms with E-state index in [9.17, 15) is 10.1 Å². The minimum Gasteiger partial charge on any atom is -0.492 e. The standard InChI is InChI=1S/C13H13N3O4/c1-2-19-10-4-6-13(15-8-10)20-9-3-5-12(16(17)18)11(14)7-9/h3-8H,2,14H2,1H3. The van der Waals surface area contributed by atoms with Crippen molar-refractivity contribution in [1.82, 2.24) is 4.98 Å². The molecule has 0 unspecified atom stereocenters. The van der Waals surface area contributed by atoms with Crippen molar-refractivity contribution in [1.29, 1.82) is 0 Å². The number of nitrogens with two attached hydrogens (primary N) is 1. The number of nitro groups is 1. The Labute approximate surface area is 115 Å². The summed E-state index contributed by atoms with van der Waals surface area (Å²) in [5.41, 5.74) is 5.46. The summed E-state index contributed by atoms with van der Waals surface area (Å²) >= 11 is 0. The monoisotopic (exact) mass is 275 g/mol. The molecule has 1 heterocycles. The molecule has 7 heteroatoms. The minimum absolute atomic E-state index is 0.0402. The Bertz CT molecular complexity index is 614. The number of aromatic nitrogens is 1. The van der Waals surface area contributed by atoms with Crippen LogP contribution in [-0.4, -0.2) is 16.5 Å². The summed E-state index contributed by atoms with van der Waals surface area (Å²) in [6.07, 6.45) is 1.54. The minimum atomic E-state index is -0.547. The fourth-order valence-corrected chi connectivity index (χ4v) is 1.56. The maximum Gasteiger partial charge on any atom is 0.292 e. The van der Waals surface area contributed by atoms with E-state index in [-0.39, 0.29) is 11.4 Å². The Kier molecular flexibility index (Phi) is 3.99. The van der Waals surface area contributed by atoms with Gasteiger partial charge in [0.05, 0.1) is 17.7 Å². The van der Waals surface area contributed by atoms with Gasteiger partial charge in [-0.25, -0.2) is 4.98 Å². The molecule has 20 heavy (non-hydrogen) atoms. The largest absolute Gasteiger partial charge is 0.492 e. The molecular formula is C13H13N3O4. The maximum absolute atomic E-state index is 10.6. The molecule has 0 saturated heterocycles. The SMILES string of the molecule is CCOc1ccc(Oc2ccc([N+](=O)[O-])c(N)c2)nc1. The van der Waals surface area contributed by atoms with Crippen molar-refractivity contribution in [2.24, 2.45) is 0 Å². The van der Waals surface area contributed by atoms with E-state index >= 15 is 0 Å². The molecule has 2 N–H and O–H groups in total. The van der Waals surface area contributed by atoms with Gasteiger partial charge in [-0.1, -0.05) is 0 Å². The zero-order valence-corrected chi connectivity index (χ0v) is 10.8. The van der Waals surface area contributed by atoms with E-state index in [0.29, 0.717) is 24.0 Å². The van der Waals surface area contributed by atoms with E-state index in [1.807, 2.05) is 6.92 Å². The highest BCUT2D eigenvalue weighted by atomic mass is 16.6. The molecular weight excluding hydrogens is 262 g/mol. The molecule has 7 nitrogen and oxygen atoms in total. The predicted octanol–water partition coefficient (Wildman–Crippen LogP) is 2.76. The first-order chi connectivity index (χ1) is 9.60. The Balaban J connectivity index is 2.13. The van der Waals surface area contributed by atoms with Crippen molar-refractivity contribution in [3.63, 3.8) is 0 Å². The van der Waals surface area contributed by atoms with Crippen LogP contribution in [0.5, 0.6) is 17.4 Å². The molecule has 0 radical (unpaired) electrons. The molecule has 2 aromatic rings. The van der Waals surface area contributed by atoms with Crippen LogP contribution in [0.1, 0.15) is 6.92 Å². The second-order valence-electron chi connectivity index (χ2n) is 3.84. The highest BCUT2D eigenvalue weighted by Gasteiger charge is 2.12. The highest BCUT2D eigenvalue weighted by Crippen LogP contribution is 2.28. The number of hydrogen-bond donors (Lipinski definition) is 1. The van der Waals surface area contributed by atoms with Gasteiger partial charge in [0.15, 0.2) is 0 Å². The Morgan fingerprint density at radius 3 is 2.60 bits per heavy atom. The van der Waals surface area contributed by atoms with Crippen molar-refractivity contribution in [3.05, 3.63) is 46.6 Å². The molecule has 1 aromatic carbocycles. The predicted molar refractivity (Wildman–Crippen MR) is 73.0 cm³/mol. The normalized spacial score (nSPS) is 10.1. The van der Waals surface area contributed by atoms with Crippen molar-refractivity contribution < 1.29 is 14.4 Å². The van der Waals surface area contributed by atoms with Crippen LogP contribution in [0.3, 0.4) is 0 Å². The molecule has 2 rings (SSSR count). The van der Waals surface area contributed by atoms with Gasteiger partial charge in [0, 0.05) is 18.2 Å². The summed E-state index contributed by atoms with van der Waals surface area (Å²) in [5, 5.41) is 10.6. The topological polar surface area (TPSA) is 101 Å². The number of anilines is 1. The second kappa shape index (κ2) is 5.87. The lowest BCUT2D eigenvalue weighted by Crippen LogP contribution is -1.96. The fraction of sp³-hybridized carbons (Fsp3) is 0.154. The van der Waals surface area contributed by atoms with E-state index in [2.05, 4.69) is 4.98 Å². The summed E-state index contributed by atoms with van der Waals surface area (Å²) in [7, 11) is 0. The lowest BCUT2D eigenvalue weighted by Gasteiger charge is -2.07. The van der Waals surface area contributed by atoms with Gasteiger partial charge in [-0.2, -0.15) is 0 Å². The van der Waals surface area contributed by atoms with E-state index in [0.717, 1.165) is 0 Å². The second-order valence-corrected chi connectivity index (χ2v) is 3.84. The zero-order valence-electron chi connectivity index (χ0n) is 10.8. The van der Waals surface area contributed by atoms with Crippen LogP contribution >= 0.6 is 0 Å². The van der Waals surface area contributed by atoms with Gasteiger partial charge in [0.2, 0.25) is 5.88 Å². The number of hydrogen-bond acceptors (Lipinski definition) is 6. The molecule has 0 amide bonds. The molecule has 104 valence electrons. The molecule has 0 saturated carbocycles. The summed E-state index contributed by atoms with van der Waals surface area (Å²) in [6.45, 7) is 2.44. The third kappa shape index (κ3) is 3.14. The van der Waals surface area contributed by atoms with Gasteiger partial charge in [-0.15, -0.1) is 0 Å². The third-order valence-electron chi connectivity index (χ3n) is 2.44. The molecule has 0 fully saturated rings. The third-order valence-corrected chi connectivity index (χ3v) is 2.44. The summed E-state index contributed by atoms with van der Waals surface area (Å²) in [4.78, 5) is 14.2. The summed E-state index contributed by atoms with van der Waals surface area (Å²) in [5.74, 6) is 1.37. The molecule has 0 spiro atoms. The van der Waals surface area contributed by atoms with Crippen molar-refractivity contribution >= 4 is 11.4 Å². The quantitative estimate of drug-likeness (QED) is 0.511. The van der Waals surface area contributed by atoms with Crippen LogP contribution < -0.4 is 15.2 Å². The van der Waals surface area contributed by atoms with Crippen molar-refractivity contribution in [2.75, 3.05) is 12.3 Å². The van der Waals surface area contributed by atoms with Crippen molar-refractivity contribution in [3.8, 4) is 17.4 Å². The number of pyridine rings is 1. The number of nitrogens with zero attached hydrogens (tertiary/aromatic N) is 2. The Morgan fingerprint density at radius 2 is 2.05 bits per heavy atom. The van der Waals surface area contributed by atoms with Crippen LogP contribution in [0.25, 0.3) is 0 Å². The smallest absolute Gasteiger partial charge is 0.292 e. The molecule has 0 aliphatic carbocycles. The number of nitrogen functional groups attached to an aromatic ring is 1. The average Bonchev–Trinajstić information content (AvgIpc) is 2.41. The lowest BCUT2D eigenvalue weighted by molar-refractivity contribution is -0.383. The molecule has 0 aliphatic rings. The molecule has 0 bridgehead atoms. The zero-order chi connectivity index (χ0) is 14.5. The number of nitro benzene ring substituents is 1. The van der Waals surface area contributed by atoms with Crippen LogP contribution in [0, 0.1) is 10.1 Å². The fourth-order valence-electron chi connectivity index (χ4n) is 1.56. The maximum atomic E-state index is 10.6. The Morgan fingerprint density at radius 1 is 1.30 bits per heavy atom. The average molecular weight is 275 g/mol. The molecule has 0 aliphatic heterocycles. The number of ether oxygens (including phenoxy) is 2. The van der Waals surface area contributed by atoms with E-state index in [1.54, 1.807) is 12.1 Å². The molecule has 0 atom stereocenters. The van der Waals surface area contributed by atoms with Gasteiger partial charge in [0.25, 0.3) is 5.69 Å². The highest BCUT2D eigenvalue weighted by molar-refractivity contribution is 5.61. The van der Waals surface area contributed by atoms with Crippen molar-refractivity contribution in [2.45, 2.75) is 6.92 Å². The van der Waals surface area contributed by atoms with Crippen LogP contribution in [0.2, 0.25) is 0 Å². The van der Waals surface area contributed by atoms with Gasteiger partial charge in [-0.05, 0) is 19.1 Å². The van der Waals surface area contributed by atoms with E-state index in [1.165, 1.54) is 24.4 Å². The first-order valence-corrected chi connectivity index (χ1v) is 5.90. The number of benzene rings is 1. The lowest BCUT2D eigenvalue weighted by atomic mass is 10.2. The number of rotatable bonds is 5. The van der Waals surface area contributed by atoms with Crippen LogP contribution in [0.4, 0.5) is 11.4 Å². The first-order valence-electron chi connectivity index (χ1n) is 5.90. The van der Waals surface area contributed by atoms with E-state index < -0.39 is 4.92 Å². The van der Waals surface area contributed by atoms with Gasteiger partial charge < -0.3 is 15.2 Å². The van der Waals surface area contributed by atoms with Crippen LogP contribution in [-0.2, 0) is 0 Å². The van der Waals surface area contributed by atoms with E-state index in [4.69, 9.17) is 15.2 Å². The van der Waals surface area contributed by atoms with Gasteiger partial charge >= 0.3 is 0 Å². The molecule has 1 aromatic heterocycles. The van der Waals surface area contributed by atoms with Crippen LogP contribution in [0.15, 0.2) is 36.5 Å². The van der Waals surface area contributed by atoms with Gasteiger partial charge in [-0.3, -0.25) is 10.1 Å².